The highest BCUT2D eigenvalue weighted by Gasteiger charge is 2.41. The van der Waals surface area contributed by atoms with E-state index >= 15 is 0 Å². The third-order valence-corrected chi connectivity index (χ3v) is 12.0. The van der Waals surface area contributed by atoms with Crippen molar-refractivity contribution in [2.24, 2.45) is 5.92 Å². The molecular weight excluding hydrogens is 343 g/mol. The molecular formula is C17H35O5PSi. The molecule has 1 aliphatic carbocycles. The highest BCUT2D eigenvalue weighted by Crippen LogP contribution is 2.47. The number of Topliss-reactive ketones (excluding diaryl/α,β-unsaturated/α-hetero) is 1. The Morgan fingerprint density at radius 3 is 1.96 bits per heavy atom. The van der Waals surface area contributed by atoms with Gasteiger partial charge in [-0.1, -0.05) is 40.0 Å². The topological polar surface area (TPSA) is 61.8 Å². The van der Waals surface area contributed by atoms with Crippen LogP contribution in [0.1, 0.15) is 52.9 Å². The van der Waals surface area contributed by atoms with Crippen molar-refractivity contribution in [3.05, 3.63) is 0 Å². The Labute approximate surface area is 148 Å². The molecule has 0 amide bonds. The van der Waals surface area contributed by atoms with E-state index in [0.29, 0.717) is 0 Å². The Morgan fingerprint density at radius 1 is 1.04 bits per heavy atom. The van der Waals surface area contributed by atoms with Crippen LogP contribution in [0.2, 0.25) is 18.1 Å². The van der Waals surface area contributed by atoms with Crippen LogP contribution in [0.25, 0.3) is 0 Å². The standard InChI is InChI=1S/C17H35O5PSi/c1-6-24(7-2,8-3)22-17(15-12-10-9-11-13-15)16(18)14-23(19,20-4)21-5/h15,17H,6-14H2,1-5H3/t17-/m0/s1. The van der Waals surface area contributed by atoms with Gasteiger partial charge in [0.2, 0.25) is 0 Å². The van der Waals surface area contributed by atoms with E-state index in [-0.39, 0.29) is 17.9 Å². The zero-order chi connectivity index (χ0) is 18.2. The Kier molecular flexibility index (Phi) is 9.38. The van der Waals surface area contributed by atoms with Gasteiger partial charge in [0.05, 0.1) is 0 Å². The lowest BCUT2D eigenvalue weighted by atomic mass is 9.84. The van der Waals surface area contributed by atoms with Gasteiger partial charge in [-0.25, -0.2) is 0 Å². The first-order valence-corrected chi connectivity index (χ1v) is 13.6. The maximum absolute atomic E-state index is 13.0. The smallest absolute Gasteiger partial charge is 0.337 e. The molecule has 0 N–H and O–H groups in total. The fraction of sp³-hybridized carbons (Fsp3) is 0.941. The van der Waals surface area contributed by atoms with Gasteiger partial charge < -0.3 is 13.5 Å². The molecule has 1 aliphatic rings. The summed E-state index contributed by atoms with van der Waals surface area (Å²) in [6.45, 7) is 6.49. The van der Waals surface area contributed by atoms with E-state index in [1.165, 1.54) is 20.6 Å². The minimum Gasteiger partial charge on any atom is -0.407 e. The molecule has 1 fully saturated rings. The molecule has 0 bridgehead atoms. The van der Waals surface area contributed by atoms with E-state index in [1.54, 1.807) is 0 Å². The summed E-state index contributed by atoms with van der Waals surface area (Å²) in [6, 6.07) is 3.01. The van der Waals surface area contributed by atoms with Crippen LogP contribution in [0, 0.1) is 5.92 Å². The second-order valence-electron chi connectivity index (χ2n) is 6.78. The second-order valence-corrected chi connectivity index (χ2v) is 13.8. The molecule has 5 nitrogen and oxygen atoms in total. The lowest BCUT2D eigenvalue weighted by molar-refractivity contribution is -0.127. The zero-order valence-electron chi connectivity index (χ0n) is 16.0. The summed E-state index contributed by atoms with van der Waals surface area (Å²) < 4.78 is 28.9. The van der Waals surface area contributed by atoms with Crippen molar-refractivity contribution in [2.45, 2.75) is 77.1 Å². The van der Waals surface area contributed by atoms with E-state index in [9.17, 15) is 9.36 Å². The summed E-state index contributed by atoms with van der Waals surface area (Å²) in [7, 11) is -2.60. The van der Waals surface area contributed by atoms with Crippen LogP contribution in [0.15, 0.2) is 0 Å². The SMILES string of the molecule is CC[Si](CC)(CC)O[C@H](C(=O)CP(=O)(OC)OC)C1CCCCC1. The van der Waals surface area contributed by atoms with E-state index in [4.69, 9.17) is 13.5 Å². The molecule has 0 aromatic heterocycles. The van der Waals surface area contributed by atoms with Crippen LogP contribution in [0.3, 0.4) is 0 Å². The first-order chi connectivity index (χ1) is 11.4. The molecule has 1 saturated carbocycles. The highest BCUT2D eigenvalue weighted by atomic mass is 31.2. The fourth-order valence-corrected chi connectivity index (χ4v) is 7.45. The van der Waals surface area contributed by atoms with Crippen LogP contribution in [-0.4, -0.2) is 40.6 Å². The lowest BCUT2D eigenvalue weighted by Crippen LogP contribution is -2.47. The Balaban J connectivity index is 2.99. The second kappa shape index (κ2) is 10.2. The summed E-state index contributed by atoms with van der Waals surface area (Å²) in [6.07, 6.45) is 4.90. The van der Waals surface area contributed by atoms with Gasteiger partial charge in [0.25, 0.3) is 0 Å². The first kappa shape index (κ1) is 22.0. The summed E-state index contributed by atoms with van der Waals surface area (Å²) in [5.41, 5.74) is 0. The van der Waals surface area contributed by atoms with Gasteiger partial charge in [0, 0.05) is 14.2 Å². The largest absolute Gasteiger partial charge is 0.407 e. The van der Waals surface area contributed by atoms with Crippen LogP contribution in [0.4, 0.5) is 0 Å². The number of carbonyl (C=O) groups is 1. The van der Waals surface area contributed by atoms with Crippen molar-refractivity contribution in [2.75, 3.05) is 20.4 Å². The molecule has 0 aromatic rings. The molecule has 0 saturated heterocycles. The third-order valence-electron chi connectivity index (χ3n) is 5.61. The van der Waals surface area contributed by atoms with E-state index in [2.05, 4.69) is 20.8 Å². The minimum atomic E-state index is -3.35. The van der Waals surface area contributed by atoms with Crippen molar-refractivity contribution in [3.8, 4) is 0 Å². The van der Waals surface area contributed by atoms with Gasteiger partial charge in [-0.2, -0.15) is 0 Å². The molecule has 0 aromatic carbocycles. The predicted molar refractivity (Wildman–Crippen MR) is 100 cm³/mol. The lowest BCUT2D eigenvalue weighted by Gasteiger charge is -2.38. The van der Waals surface area contributed by atoms with Crippen LogP contribution in [-0.2, 0) is 22.8 Å². The number of carbonyl (C=O) groups excluding carboxylic acids is 1. The maximum atomic E-state index is 13.0. The van der Waals surface area contributed by atoms with E-state index < -0.39 is 22.0 Å². The van der Waals surface area contributed by atoms with Crippen molar-refractivity contribution < 1.29 is 22.8 Å². The molecule has 24 heavy (non-hydrogen) atoms. The molecule has 142 valence electrons. The van der Waals surface area contributed by atoms with Gasteiger partial charge in [-0.15, -0.1) is 0 Å². The Hall–Kier alpha value is -0.00312. The van der Waals surface area contributed by atoms with Gasteiger partial charge in [-0.3, -0.25) is 9.36 Å². The highest BCUT2D eigenvalue weighted by molar-refractivity contribution is 7.54. The van der Waals surface area contributed by atoms with Crippen molar-refractivity contribution in [1.82, 2.24) is 0 Å². The summed E-state index contributed by atoms with van der Waals surface area (Å²) >= 11 is 0. The number of rotatable bonds is 11. The van der Waals surface area contributed by atoms with Crippen LogP contribution in [0.5, 0.6) is 0 Å². The summed E-state index contributed by atoms with van der Waals surface area (Å²) in [5.74, 6) is 0.131. The average Bonchev–Trinajstić information content (AvgIpc) is 2.64. The molecule has 1 rings (SSSR count). The van der Waals surface area contributed by atoms with Crippen molar-refractivity contribution in [3.63, 3.8) is 0 Å². The monoisotopic (exact) mass is 378 g/mol. The van der Waals surface area contributed by atoms with Crippen LogP contribution >= 0.6 is 7.60 Å². The van der Waals surface area contributed by atoms with Gasteiger partial charge in [0.15, 0.2) is 14.1 Å². The molecule has 0 unspecified atom stereocenters. The quantitative estimate of drug-likeness (QED) is 0.373. The maximum Gasteiger partial charge on any atom is 0.337 e. The summed E-state index contributed by atoms with van der Waals surface area (Å²) in [4.78, 5) is 13.0. The van der Waals surface area contributed by atoms with Gasteiger partial charge in [0.1, 0.15) is 12.3 Å². The molecule has 0 radical (unpaired) electrons. The predicted octanol–water partition coefficient (Wildman–Crippen LogP) is 5.01. The number of hydrogen-bond donors (Lipinski definition) is 0. The third kappa shape index (κ3) is 5.77. The van der Waals surface area contributed by atoms with Crippen molar-refractivity contribution in [1.29, 1.82) is 0 Å². The molecule has 7 heteroatoms. The van der Waals surface area contributed by atoms with Gasteiger partial charge >= 0.3 is 7.60 Å². The Morgan fingerprint density at radius 2 is 1.54 bits per heavy atom. The number of hydrogen-bond acceptors (Lipinski definition) is 5. The summed E-state index contributed by atoms with van der Waals surface area (Å²) in [5, 5.41) is 0. The minimum absolute atomic E-state index is 0.110. The van der Waals surface area contributed by atoms with Gasteiger partial charge in [-0.05, 0) is 36.9 Å². The normalized spacial score (nSPS) is 18.5. The van der Waals surface area contributed by atoms with Crippen LogP contribution < -0.4 is 0 Å². The van der Waals surface area contributed by atoms with Crippen molar-refractivity contribution >= 4 is 21.7 Å². The zero-order valence-corrected chi connectivity index (χ0v) is 17.9. The molecule has 0 heterocycles. The molecule has 0 spiro atoms. The van der Waals surface area contributed by atoms with E-state index in [1.807, 2.05) is 0 Å². The first-order valence-electron chi connectivity index (χ1n) is 9.30. The van der Waals surface area contributed by atoms with E-state index in [0.717, 1.165) is 43.8 Å². The molecule has 1 atom stereocenters. The average molecular weight is 379 g/mol. The Bertz CT molecular complexity index is 416. The fourth-order valence-electron chi connectivity index (χ4n) is 3.62. The molecule has 0 aliphatic heterocycles. The number of ketones is 1.